The summed E-state index contributed by atoms with van der Waals surface area (Å²) in [5.74, 6) is 1.03. The Bertz CT molecular complexity index is 964. The Labute approximate surface area is 171 Å². The summed E-state index contributed by atoms with van der Waals surface area (Å²) in [5, 5.41) is 5.93. The van der Waals surface area contributed by atoms with Crippen molar-refractivity contribution in [3.8, 4) is 0 Å². The molecule has 8 nitrogen and oxygen atoms in total. The van der Waals surface area contributed by atoms with E-state index in [0.717, 1.165) is 11.8 Å². The Morgan fingerprint density at radius 3 is 2.59 bits per heavy atom. The monoisotopic (exact) mass is 425 g/mol. The lowest BCUT2D eigenvalue weighted by Crippen LogP contribution is -2.39. The summed E-state index contributed by atoms with van der Waals surface area (Å²) in [6, 6.07) is 4.19. The van der Waals surface area contributed by atoms with Crippen LogP contribution in [0, 0.1) is 12.7 Å². The minimum atomic E-state index is -3.64. The first-order valence-electron chi connectivity index (χ1n) is 9.16. The highest BCUT2D eigenvalue weighted by Crippen LogP contribution is 2.22. The van der Waals surface area contributed by atoms with Gasteiger partial charge in [-0.2, -0.15) is 0 Å². The number of aryl methyl sites for hydroxylation is 1. The number of guanidine groups is 1. The van der Waals surface area contributed by atoms with Crippen LogP contribution in [0.1, 0.15) is 38.0 Å². The van der Waals surface area contributed by atoms with Crippen LogP contribution >= 0.6 is 0 Å². The van der Waals surface area contributed by atoms with Crippen LogP contribution < -0.4 is 15.4 Å². The summed E-state index contributed by atoms with van der Waals surface area (Å²) in [7, 11) is -2.06. The summed E-state index contributed by atoms with van der Waals surface area (Å²) in [6.07, 6.45) is 1.69. The Hall–Kier alpha value is -2.62. The van der Waals surface area contributed by atoms with E-state index in [0.29, 0.717) is 24.0 Å². The lowest BCUT2D eigenvalue weighted by atomic mass is 9.94. The number of rotatable bonds is 7. The molecular weight excluding hydrogens is 397 g/mol. The minimum absolute atomic E-state index is 0.113. The molecule has 0 fully saturated rings. The van der Waals surface area contributed by atoms with Gasteiger partial charge in [0.2, 0.25) is 15.9 Å². The molecule has 160 valence electrons. The van der Waals surface area contributed by atoms with Gasteiger partial charge in [-0.15, -0.1) is 0 Å². The molecule has 0 aliphatic heterocycles. The number of aromatic nitrogens is 1. The largest absolute Gasteiger partial charge is 0.443 e. The van der Waals surface area contributed by atoms with E-state index in [9.17, 15) is 12.8 Å². The number of sulfonamides is 1. The highest BCUT2D eigenvalue weighted by Gasteiger charge is 2.19. The number of hydrogen-bond donors (Lipinski definition) is 3. The van der Waals surface area contributed by atoms with Gasteiger partial charge < -0.3 is 15.1 Å². The number of benzene rings is 1. The lowest BCUT2D eigenvalue weighted by Gasteiger charge is -2.13. The summed E-state index contributed by atoms with van der Waals surface area (Å²) >= 11 is 0. The summed E-state index contributed by atoms with van der Waals surface area (Å²) < 4.78 is 46.0. The molecule has 0 aliphatic rings. The molecule has 0 amide bonds. The fourth-order valence-corrected chi connectivity index (χ4v) is 3.27. The molecular formula is C19H28FN5O3S. The van der Waals surface area contributed by atoms with Gasteiger partial charge >= 0.3 is 0 Å². The summed E-state index contributed by atoms with van der Waals surface area (Å²) in [4.78, 5) is 8.26. The van der Waals surface area contributed by atoms with Gasteiger partial charge in [-0.25, -0.2) is 17.8 Å². The normalized spacial score (nSPS) is 12.7. The van der Waals surface area contributed by atoms with Crippen LogP contribution in [0.3, 0.4) is 0 Å². The number of aliphatic imine (C=N–C) groups is 1. The average Bonchev–Trinajstić information content (AvgIpc) is 3.10. The van der Waals surface area contributed by atoms with Crippen molar-refractivity contribution in [2.75, 3.05) is 24.1 Å². The van der Waals surface area contributed by atoms with Crippen LogP contribution in [0.4, 0.5) is 10.1 Å². The van der Waals surface area contributed by atoms with Crippen LogP contribution in [-0.2, 0) is 22.0 Å². The molecule has 2 aromatic rings. The fraction of sp³-hybridized carbons (Fsp3) is 0.474. The summed E-state index contributed by atoms with van der Waals surface area (Å²) in [6.45, 7) is 8.13. The van der Waals surface area contributed by atoms with Crippen LogP contribution in [-0.4, -0.2) is 38.7 Å². The lowest BCUT2D eigenvalue weighted by molar-refractivity contribution is 0.379. The Kier molecular flexibility index (Phi) is 7.23. The van der Waals surface area contributed by atoms with Crippen molar-refractivity contribution in [3.05, 3.63) is 47.4 Å². The zero-order valence-corrected chi connectivity index (χ0v) is 18.2. The second-order valence-electron chi connectivity index (χ2n) is 7.61. The van der Waals surface area contributed by atoms with E-state index in [1.165, 1.54) is 12.1 Å². The fourth-order valence-electron chi connectivity index (χ4n) is 2.31. The van der Waals surface area contributed by atoms with Crippen LogP contribution in [0.25, 0.3) is 0 Å². The first kappa shape index (κ1) is 22.7. The highest BCUT2D eigenvalue weighted by atomic mass is 32.2. The maximum atomic E-state index is 13.6. The van der Waals surface area contributed by atoms with Gasteiger partial charge in [-0.05, 0) is 24.6 Å². The molecule has 0 radical (unpaired) electrons. The van der Waals surface area contributed by atoms with Gasteiger partial charge in [0, 0.05) is 19.0 Å². The molecule has 10 heteroatoms. The van der Waals surface area contributed by atoms with Gasteiger partial charge in [0.1, 0.15) is 11.6 Å². The zero-order chi connectivity index (χ0) is 21.7. The number of anilines is 1. The Balaban J connectivity index is 1.82. The van der Waals surface area contributed by atoms with E-state index >= 15 is 0 Å². The molecule has 2 rings (SSSR count). The number of oxazole rings is 1. The van der Waals surface area contributed by atoms with Crippen molar-refractivity contribution in [2.24, 2.45) is 4.99 Å². The van der Waals surface area contributed by atoms with Crippen LogP contribution in [0.5, 0.6) is 0 Å². The molecule has 1 heterocycles. The maximum absolute atomic E-state index is 13.6. The molecule has 0 saturated carbocycles. The van der Waals surface area contributed by atoms with Gasteiger partial charge in [0.05, 0.1) is 24.2 Å². The maximum Gasteiger partial charge on any atom is 0.234 e. The van der Waals surface area contributed by atoms with E-state index in [1.54, 1.807) is 20.2 Å². The third-order valence-electron chi connectivity index (χ3n) is 4.03. The standard InChI is InChI=1S/C19H28FN5O3S/c1-13-6-7-14(10-15(13)20)25-29(26,27)9-8-22-18(21-5)24-12-17-23-11-16(28-17)19(2,3)4/h6-7,10-11,25H,8-9,12H2,1-5H3,(H2,21,22,24). The number of nitrogens with one attached hydrogen (secondary N) is 3. The molecule has 0 bridgehead atoms. The predicted octanol–water partition coefficient (Wildman–Crippen LogP) is 2.53. The average molecular weight is 426 g/mol. The Morgan fingerprint density at radius 1 is 1.28 bits per heavy atom. The number of hydrogen-bond acceptors (Lipinski definition) is 5. The molecule has 3 N–H and O–H groups in total. The van der Waals surface area contributed by atoms with Crippen LogP contribution in [0.2, 0.25) is 0 Å². The topological polar surface area (TPSA) is 109 Å². The predicted molar refractivity (Wildman–Crippen MR) is 112 cm³/mol. The third kappa shape index (κ3) is 7.04. The van der Waals surface area contributed by atoms with E-state index in [2.05, 4.69) is 25.3 Å². The quantitative estimate of drug-likeness (QED) is 0.465. The van der Waals surface area contributed by atoms with Crippen molar-refractivity contribution >= 4 is 21.7 Å². The molecule has 1 aromatic carbocycles. The molecule has 29 heavy (non-hydrogen) atoms. The molecule has 0 atom stereocenters. The van der Waals surface area contributed by atoms with Crippen molar-refractivity contribution in [1.82, 2.24) is 15.6 Å². The second kappa shape index (κ2) is 9.25. The minimum Gasteiger partial charge on any atom is -0.443 e. The third-order valence-corrected chi connectivity index (χ3v) is 5.32. The molecule has 0 saturated heterocycles. The molecule has 0 unspecified atom stereocenters. The molecule has 1 aromatic heterocycles. The first-order chi connectivity index (χ1) is 13.5. The van der Waals surface area contributed by atoms with Crippen molar-refractivity contribution in [3.63, 3.8) is 0 Å². The smallest absolute Gasteiger partial charge is 0.234 e. The zero-order valence-electron chi connectivity index (χ0n) is 17.3. The number of nitrogens with zero attached hydrogens (tertiary/aromatic N) is 2. The summed E-state index contributed by atoms with van der Waals surface area (Å²) in [5.41, 5.74) is 0.506. The molecule has 0 spiro atoms. The first-order valence-corrected chi connectivity index (χ1v) is 10.8. The van der Waals surface area contributed by atoms with Crippen LogP contribution in [0.15, 0.2) is 33.8 Å². The van der Waals surface area contributed by atoms with Crippen molar-refractivity contribution in [1.29, 1.82) is 0 Å². The second-order valence-corrected chi connectivity index (χ2v) is 9.45. The van der Waals surface area contributed by atoms with Gasteiger partial charge in [-0.3, -0.25) is 9.71 Å². The van der Waals surface area contributed by atoms with E-state index < -0.39 is 15.8 Å². The van der Waals surface area contributed by atoms with E-state index in [-0.39, 0.29) is 23.4 Å². The van der Waals surface area contributed by atoms with Crippen molar-refractivity contribution < 1.29 is 17.2 Å². The SMILES string of the molecule is CN=C(NCCS(=O)(=O)Nc1ccc(C)c(F)c1)NCc1ncc(C(C)(C)C)o1. The number of halogens is 1. The van der Waals surface area contributed by atoms with Gasteiger partial charge in [0.25, 0.3) is 0 Å². The molecule has 0 aliphatic carbocycles. The Morgan fingerprint density at radius 2 is 2.00 bits per heavy atom. The van der Waals surface area contributed by atoms with Gasteiger partial charge in [0.15, 0.2) is 5.96 Å². The van der Waals surface area contributed by atoms with E-state index in [1.807, 2.05) is 20.8 Å². The van der Waals surface area contributed by atoms with E-state index in [4.69, 9.17) is 4.42 Å². The van der Waals surface area contributed by atoms with Crippen molar-refractivity contribution in [2.45, 2.75) is 39.7 Å². The van der Waals surface area contributed by atoms with Gasteiger partial charge in [-0.1, -0.05) is 26.8 Å². The highest BCUT2D eigenvalue weighted by molar-refractivity contribution is 7.92.